The lowest BCUT2D eigenvalue weighted by atomic mass is 10.0. The lowest BCUT2D eigenvalue weighted by Gasteiger charge is -2.21. The molecule has 2 rings (SSSR count). The van der Waals surface area contributed by atoms with Crippen molar-refractivity contribution in [2.75, 3.05) is 18.4 Å². The summed E-state index contributed by atoms with van der Waals surface area (Å²) in [6.07, 6.45) is 0. The molecule has 2 heterocycles. The molecule has 1 amide bonds. The van der Waals surface area contributed by atoms with Gasteiger partial charge in [-0.3, -0.25) is 10.1 Å². The molecule has 0 saturated carbocycles. The van der Waals surface area contributed by atoms with E-state index in [1.165, 1.54) is 4.80 Å². The summed E-state index contributed by atoms with van der Waals surface area (Å²) in [5.41, 5.74) is 1.84. The molecule has 0 atom stereocenters. The van der Waals surface area contributed by atoms with E-state index < -0.39 is 0 Å². The van der Waals surface area contributed by atoms with Crippen molar-refractivity contribution in [1.82, 2.24) is 25.5 Å². The second kappa shape index (κ2) is 3.77. The van der Waals surface area contributed by atoms with Crippen LogP contribution in [0.15, 0.2) is 11.1 Å². The number of nitrogens with zero attached hydrogens (tertiary/aromatic N) is 4. The fourth-order valence-corrected chi connectivity index (χ4v) is 1.21. The van der Waals surface area contributed by atoms with E-state index in [1.54, 1.807) is 14.0 Å². The summed E-state index contributed by atoms with van der Waals surface area (Å²) in [4.78, 5) is 12.9. The Balaban J connectivity index is 2.03. The summed E-state index contributed by atoms with van der Waals surface area (Å²) in [5.74, 6) is 0.0641. The highest BCUT2D eigenvalue weighted by Gasteiger charge is 2.17. The molecule has 0 aromatic carbocycles. The molecule has 1 aliphatic rings. The van der Waals surface area contributed by atoms with Gasteiger partial charge in [0.15, 0.2) is 0 Å². The Hall–Kier alpha value is -1.76. The Kier molecular flexibility index (Phi) is 2.46. The van der Waals surface area contributed by atoms with Crippen LogP contribution in [0.1, 0.15) is 6.92 Å². The molecule has 1 saturated heterocycles. The normalized spacial score (nSPS) is 14.7. The predicted molar refractivity (Wildman–Crippen MR) is 53.0 cm³/mol. The molecule has 1 fully saturated rings. The summed E-state index contributed by atoms with van der Waals surface area (Å²) in [6, 6.07) is 0. The maximum atomic E-state index is 11.6. The number of tetrazole rings is 1. The van der Waals surface area contributed by atoms with Crippen molar-refractivity contribution in [2.45, 2.75) is 6.92 Å². The lowest BCUT2D eigenvalue weighted by molar-refractivity contribution is -0.112. The zero-order valence-corrected chi connectivity index (χ0v) is 8.61. The van der Waals surface area contributed by atoms with Crippen LogP contribution < -0.4 is 10.6 Å². The first-order valence-electron chi connectivity index (χ1n) is 4.61. The Labute approximate surface area is 86.5 Å². The molecule has 0 aliphatic carbocycles. The van der Waals surface area contributed by atoms with E-state index in [4.69, 9.17) is 0 Å². The van der Waals surface area contributed by atoms with Gasteiger partial charge in [-0.05, 0) is 17.7 Å². The van der Waals surface area contributed by atoms with Gasteiger partial charge in [0.2, 0.25) is 0 Å². The number of nitrogens with one attached hydrogen (secondary N) is 2. The maximum Gasteiger partial charge on any atom is 0.270 e. The molecule has 15 heavy (non-hydrogen) atoms. The minimum absolute atomic E-state index is 0.167. The van der Waals surface area contributed by atoms with Crippen molar-refractivity contribution < 1.29 is 4.79 Å². The van der Waals surface area contributed by atoms with Gasteiger partial charge in [0.25, 0.3) is 11.9 Å². The Morgan fingerprint density at radius 2 is 2.27 bits per heavy atom. The zero-order chi connectivity index (χ0) is 10.8. The Bertz CT molecular complexity index is 415. The number of aryl methyl sites for hydroxylation is 1. The van der Waals surface area contributed by atoms with Crippen LogP contribution in [-0.2, 0) is 11.8 Å². The predicted octanol–water partition coefficient (Wildman–Crippen LogP) is -0.932. The molecule has 1 aromatic heterocycles. The molecular weight excluding hydrogens is 196 g/mol. The second-order valence-corrected chi connectivity index (χ2v) is 3.39. The molecule has 7 heteroatoms. The SMILES string of the molecule is CC(C(=O)Nc1nnn(C)n1)=C1CNC1. The number of aromatic nitrogens is 4. The van der Waals surface area contributed by atoms with Crippen LogP contribution in [0.5, 0.6) is 0 Å². The van der Waals surface area contributed by atoms with E-state index in [2.05, 4.69) is 26.0 Å². The molecule has 1 aromatic rings. The molecule has 0 radical (unpaired) electrons. The highest BCUT2D eigenvalue weighted by atomic mass is 16.1. The molecule has 7 nitrogen and oxygen atoms in total. The number of carbonyl (C=O) groups excluding carboxylic acids is 1. The van der Waals surface area contributed by atoms with Crippen molar-refractivity contribution >= 4 is 11.9 Å². The molecule has 80 valence electrons. The van der Waals surface area contributed by atoms with Crippen LogP contribution in [0.4, 0.5) is 5.95 Å². The molecule has 0 unspecified atom stereocenters. The molecule has 1 aliphatic heterocycles. The third kappa shape index (κ3) is 2.01. The van der Waals surface area contributed by atoms with Gasteiger partial charge < -0.3 is 5.32 Å². The van der Waals surface area contributed by atoms with Gasteiger partial charge in [0.1, 0.15) is 0 Å². The highest BCUT2D eigenvalue weighted by molar-refractivity contribution is 6.03. The van der Waals surface area contributed by atoms with E-state index in [0.717, 1.165) is 24.2 Å². The van der Waals surface area contributed by atoms with Crippen molar-refractivity contribution in [2.24, 2.45) is 7.05 Å². The first kappa shape index (κ1) is 9.78. The summed E-state index contributed by atoms with van der Waals surface area (Å²) in [6.45, 7) is 3.36. The topological polar surface area (TPSA) is 84.7 Å². The van der Waals surface area contributed by atoms with Crippen molar-refractivity contribution in [1.29, 1.82) is 0 Å². The lowest BCUT2D eigenvalue weighted by Crippen LogP contribution is -2.36. The van der Waals surface area contributed by atoms with Gasteiger partial charge in [-0.15, -0.1) is 5.10 Å². The van der Waals surface area contributed by atoms with E-state index in [1.807, 2.05) is 0 Å². The Morgan fingerprint density at radius 3 is 2.73 bits per heavy atom. The third-order valence-corrected chi connectivity index (χ3v) is 2.28. The molecule has 0 bridgehead atoms. The monoisotopic (exact) mass is 208 g/mol. The first-order chi connectivity index (χ1) is 7.16. The summed E-state index contributed by atoms with van der Waals surface area (Å²) < 4.78 is 0. The average molecular weight is 208 g/mol. The summed E-state index contributed by atoms with van der Waals surface area (Å²) in [7, 11) is 1.64. The van der Waals surface area contributed by atoms with Crippen molar-refractivity contribution in [3.63, 3.8) is 0 Å². The highest BCUT2D eigenvalue weighted by Crippen LogP contribution is 2.10. The van der Waals surface area contributed by atoms with Gasteiger partial charge >= 0.3 is 0 Å². The zero-order valence-electron chi connectivity index (χ0n) is 8.61. The molecule has 2 N–H and O–H groups in total. The van der Waals surface area contributed by atoms with E-state index >= 15 is 0 Å². The van der Waals surface area contributed by atoms with Crippen LogP contribution in [0.3, 0.4) is 0 Å². The Morgan fingerprint density at radius 1 is 1.53 bits per heavy atom. The van der Waals surface area contributed by atoms with E-state index in [-0.39, 0.29) is 11.9 Å². The minimum Gasteiger partial charge on any atom is -0.309 e. The van der Waals surface area contributed by atoms with Gasteiger partial charge in [-0.25, -0.2) is 0 Å². The van der Waals surface area contributed by atoms with Crippen molar-refractivity contribution in [3.8, 4) is 0 Å². The summed E-state index contributed by atoms with van der Waals surface area (Å²) in [5, 5.41) is 16.8. The number of anilines is 1. The van der Waals surface area contributed by atoms with Gasteiger partial charge in [-0.2, -0.15) is 4.80 Å². The fraction of sp³-hybridized carbons (Fsp3) is 0.500. The van der Waals surface area contributed by atoms with Crippen LogP contribution >= 0.6 is 0 Å². The minimum atomic E-state index is -0.167. The van der Waals surface area contributed by atoms with Gasteiger partial charge in [0.05, 0.1) is 7.05 Å². The third-order valence-electron chi connectivity index (χ3n) is 2.28. The molecule has 0 spiro atoms. The number of carbonyl (C=O) groups is 1. The number of rotatable bonds is 2. The van der Waals surface area contributed by atoms with Gasteiger partial charge in [-0.1, -0.05) is 5.10 Å². The first-order valence-corrected chi connectivity index (χ1v) is 4.61. The smallest absolute Gasteiger partial charge is 0.270 e. The van der Waals surface area contributed by atoms with Gasteiger partial charge in [0, 0.05) is 18.7 Å². The number of hydrogen-bond acceptors (Lipinski definition) is 5. The van der Waals surface area contributed by atoms with Crippen molar-refractivity contribution in [3.05, 3.63) is 11.1 Å². The number of hydrogen-bond donors (Lipinski definition) is 2. The fourth-order valence-electron chi connectivity index (χ4n) is 1.21. The quantitative estimate of drug-likeness (QED) is 0.613. The number of amides is 1. The second-order valence-electron chi connectivity index (χ2n) is 3.39. The van der Waals surface area contributed by atoms with Crippen LogP contribution in [0.25, 0.3) is 0 Å². The average Bonchev–Trinajstić information content (AvgIpc) is 2.48. The standard InChI is InChI=1S/C8H12N6O/c1-5(6-3-9-4-6)7(15)10-8-11-13-14(2)12-8/h9H,3-4H2,1-2H3,(H,10,12,15). The molecular formula is C8H12N6O. The maximum absolute atomic E-state index is 11.6. The van der Waals surface area contributed by atoms with Crippen LogP contribution in [0.2, 0.25) is 0 Å². The van der Waals surface area contributed by atoms with E-state index in [0.29, 0.717) is 0 Å². The van der Waals surface area contributed by atoms with Crippen LogP contribution in [0, 0.1) is 0 Å². The summed E-state index contributed by atoms with van der Waals surface area (Å²) >= 11 is 0. The van der Waals surface area contributed by atoms with E-state index in [9.17, 15) is 4.79 Å². The largest absolute Gasteiger partial charge is 0.309 e. The van der Waals surface area contributed by atoms with Crippen LogP contribution in [-0.4, -0.2) is 39.2 Å².